The number of fused-ring (bicyclic) bond motifs is 1. The molecule has 2 aromatic heterocycles. The average Bonchev–Trinajstić information content (AvgIpc) is 3.24. The number of halogens is 3. The quantitative estimate of drug-likeness (QED) is 0.305. The Balaban J connectivity index is 1.27. The molecule has 0 atom stereocenters. The molecule has 0 aliphatic rings. The second kappa shape index (κ2) is 10.6. The molecule has 34 heavy (non-hydrogen) atoms. The lowest BCUT2D eigenvalue weighted by molar-refractivity contribution is -0.137. The number of benzene rings is 2. The molecule has 0 fully saturated rings. The van der Waals surface area contributed by atoms with Crippen molar-refractivity contribution < 1.29 is 18.0 Å². The highest BCUT2D eigenvalue weighted by molar-refractivity contribution is 7.99. The van der Waals surface area contributed by atoms with Gasteiger partial charge in [0.1, 0.15) is 0 Å². The molecule has 0 spiro atoms. The molecule has 1 amide bonds. The van der Waals surface area contributed by atoms with E-state index in [1.165, 1.54) is 17.8 Å². The molecule has 2 aromatic carbocycles. The molecule has 4 rings (SSSR count). The lowest BCUT2D eigenvalue weighted by atomic mass is 10.1. The Morgan fingerprint density at radius 3 is 2.74 bits per heavy atom. The van der Waals surface area contributed by atoms with Crippen LogP contribution < -0.4 is 5.32 Å². The van der Waals surface area contributed by atoms with Crippen molar-refractivity contribution in [3.63, 3.8) is 0 Å². The first-order valence-corrected chi connectivity index (χ1v) is 11.5. The Morgan fingerprint density at radius 1 is 1.06 bits per heavy atom. The number of rotatable bonds is 8. The van der Waals surface area contributed by atoms with E-state index in [9.17, 15) is 18.0 Å². The molecule has 2 heterocycles. The summed E-state index contributed by atoms with van der Waals surface area (Å²) in [5.74, 6) is 0.329. The molecule has 0 bridgehead atoms. The summed E-state index contributed by atoms with van der Waals surface area (Å²) in [6.07, 6.45) is 1.39. The summed E-state index contributed by atoms with van der Waals surface area (Å²) in [6.45, 7) is 0.0579. The second-order valence-electron chi connectivity index (χ2n) is 7.48. The van der Waals surface area contributed by atoms with Gasteiger partial charge in [-0.1, -0.05) is 18.2 Å². The minimum atomic E-state index is -4.40. The summed E-state index contributed by atoms with van der Waals surface area (Å²) in [5.41, 5.74) is 2.23. The van der Waals surface area contributed by atoms with Crippen LogP contribution in [-0.2, 0) is 17.5 Å². The Kier molecular flexibility index (Phi) is 7.32. The van der Waals surface area contributed by atoms with E-state index in [1.807, 2.05) is 48.6 Å². The van der Waals surface area contributed by atoms with Crippen LogP contribution >= 0.6 is 11.8 Å². The number of aromatic amines is 1. The third-order valence-corrected chi connectivity index (χ3v) is 6.00. The fraction of sp³-hybridized carbons (Fsp3) is 0.160. The lowest BCUT2D eigenvalue weighted by Gasteiger charge is -2.09. The van der Waals surface area contributed by atoms with E-state index in [1.54, 1.807) is 12.3 Å². The molecule has 0 saturated carbocycles. The van der Waals surface area contributed by atoms with Crippen molar-refractivity contribution in [2.24, 2.45) is 0 Å². The summed E-state index contributed by atoms with van der Waals surface area (Å²) in [4.78, 5) is 17.4. The van der Waals surface area contributed by atoms with E-state index in [2.05, 4.69) is 20.5 Å². The normalized spacial score (nSPS) is 11.9. The summed E-state index contributed by atoms with van der Waals surface area (Å²) in [6, 6.07) is 16.6. The van der Waals surface area contributed by atoms with E-state index in [0.29, 0.717) is 11.3 Å². The number of amides is 1. The van der Waals surface area contributed by atoms with E-state index < -0.39 is 11.7 Å². The molecule has 9 heteroatoms. The fourth-order valence-electron chi connectivity index (χ4n) is 3.28. The van der Waals surface area contributed by atoms with Crippen LogP contribution in [0.3, 0.4) is 0 Å². The van der Waals surface area contributed by atoms with Gasteiger partial charge < -0.3 is 5.32 Å². The number of pyridine rings is 1. The maximum absolute atomic E-state index is 12.8. The van der Waals surface area contributed by atoms with Crippen molar-refractivity contribution in [2.75, 3.05) is 5.75 Å². The molecule has 0 saturated heterocycles. The maximum Gasteiger partial charge on any atom is 0.416 e. The first-order chi connectivity index (χ1) is 16.4. The highest BCUT2D eigenvalue weighted by Crippen LogP contribution is 2.29. The van der Waals surface area contributed by atoms with Gasteiger partial charge in [0.15, 0.2) is 0 Å². The zero-order valence-corrected chi connectivity index (χ0v) is 18.8. The van der Waals surface area contributed by atoms with Gasteiger partial charge in [-0.25, -0.2) is 0 Å². The molecule has 0 aliphatic heterocycles. The largest absolute Gasteiger partial charge is 0.416 e. The number of nitrogens with zero attached hydrogens (tertiary/aromatic N) is 2. The number of thioether (sulfide) groups is 1. The van der Waals surface area contributed by atoms with Gasteiger partial charge in [-0.15, -0.1) is 11.8 Å². The number of aromatic nitrogens is 3. The van der Waals surface area contributed by atoms with Crippen LogP contribution in [0.5, 0.6) is 0 Å². The van der Waals surface area contributed by atoms with Crippen molar-refractivity contribution in [1.29, 1.82) is 0 Å². The minimum Gasteiger partial charge on any atom is -0.352 e. The number of hydrogen-bond donors (Lipinski definition) is 2. The third-order valence-electron chi connectivity index (χ3n) is 5.01. The number of H-pyrrole nitrogens is 1. The van der Waals surface area contributed by atoms with Gasteiger partial charge in [-0.2, -0.15) is 18.3 Å². The monoisotopic (exact) mass is 482 g/mol. The molecule has 174 valence electrons. The smallest absolute Gasteiger partial charge is 0.352 e. The summed E-state index contributed by atoms with van der Waals surface area (Å²) in [5, 5.41) is 11.0. The van der Waals surface area contributed by atoms with E-state index in [0.717, 1.165) is 39.3 Å². The number of carbonyl (C=O) groups excluding carboxylic acids is 1. The van der Waals surface area contributed by atoms with Gasteiger partial charge in [0.25, 0.3) is 0 Å². The number of hydrogen-bond acceptors (Lipinski definition) is 4. The van der Waals surface area contributed by atoms with E-state index in [-0.39, 0.29) is 18.9 Å². The molecule has 5 nitrogen and oxygen atoms in total. The van der Waals surface area contributed by atoms with Crippen LogP contribution in [0.2, 0.25) is 0 Å². The van der Waals surface area contributed by atoms with Gasteiger partial charge >= 0.3 is 6.18 Å². The Hall–Kier alpha value is -3.59. The second-order valence-corrected chi connectivity index (χ2v) is 8.65. The first-order valence-electron chi connectivity index (χ1n) is 10.5. The molecule has 0 aliphatic carbocycles. The van der Waals surface area contributed by atoms with Crippen LogP contribution in [0.15, 0.2) is 71.8 Å². The number of carbonyl (C=O) groups is 1. The van der Waals surface area contributed by atoms with E-state index >= 15 is 0 Å². The van der Waals surface area contributed by atoms with Gasteiger partial charge in [-0.3, -0.25) is 14.9 Å². The zero-order valence-electron chi connectivity index (χ0n) is 18.0. The molecular weight excluding hydrogens is 461 g/mol. The summed E-state index contributed by atoms with van der Waals surface area (Å²) in [7, 11) is 0. The van der Waals surface area contributed by atoms with Crippen LogP contribution in [0.1, 0.15) is 28.9 Å². The van der Waals surface area contributed by atoms with Crippen molar-refractivity contribution in [3.05, 3.63) is 89.4 Å². The fourth-order valence-corrected chi connectivity index (χ4v) is 4.17. The van der Waals surface area contributed by atoms with Crippen LogP contribution in [0.4, 0.5) is 13.2 Å². The van der Waals surface area contributed by atoms with Crippen molar-refractivity contribution in [2.45, 2.75) is 24.0 Å². The van der Waals surface area contributed by atoms with Crippen molar-refractivity contribution in [1.82, 2.24) is 20.5 Å². The molecular formula is C25H21F3N4OS. The van der Waals surface area contributed by atoms with Gasteiger partial charge in [0, 0.05) is 35.2 Å². The summed E-state index contributed by atoms with van der Waals surface area (Å²) < 4.78 is 38.4. The predicted molar refractivity (Wildman–Crippen MR) is 128 cm³/mol. The minimum absolute atomic E-state index is 0.0579. The van der Waals surface area contributed by atoms with Gasteiger partial charge in [0.05, 0.1) is 22.5 Å². The molecule has 0 radical (unpaired) electrons. The van der Waals surface area contributed by atoms with Gasteiger partial charge in [0.2, 0.25) is 5.91 Å². The van der Waals surface area contributed by atoms with Crippen LogP contribution in [-0.4, -0.2) is 26.8 Å². The Labute approximate surface area is 198 Å². The first kappa shape index (κ1) is 23.6. The highest BCUT2D eigenvalue weighted by atomic mass is 32.2. The predicted octanol–water partition coefficient (Wildman–Crippen LogP) is 5.95. The lowest BCUT2D eigenvalue weighted by Crippen LogP contribution is -2.23. The topological polar surface area (TPSA) is 70.7 Å². The highest BCUT2D eigenvalue weighted by Gasteiger charge is 2.30. The van der Waals surface area contributed by atoms with Gasteiger partial charge in [-0.05, 0) is 60.2 Å². The zero-order chi connectivity index (χ0) is 24.0. The van der Waals surface area contributed by atoms with Crippen molar-refractivity contribution >= 4 is 40.7 Å². The molecule has 0 unspecified atom stereocenters. The Bertz CT molecular complexity index is 1300. The van der Waals surface area contributed by atoms with Crippen LogP contribution in [0, 0.1) is 0 Å². The maximum atomic E-state index is 12.8. The standard InChI is InChI=1S/C25H21F3N4OS/c26-25(27,28)18-5-3-4-17(14-18)16-30-24(33)11-13-34-20-8-9-21-22(31-32-23(21)15-20)10-7-19-6-1-2-12-29-19/h1-10,12,14-15H,11,13,16H2,(H,30,33)(H,31,32). The van der Waals surface area contributed by atoms with Crippen LogP contribution in [0.25, 0.3) is 23.1 Å². The average molecular weight is 483 g/mol. The third kappa shape index (κ3) is 6.26. The summed E-state index contributed by atoms with van der Waals surface area (Å²) >= 11 is 1.53. The van der Waals surface area contributed by atoms with E-state index in [4.69, 9.17) is 0 Å². The number of nitrogens with one attached hydrogen (secondary N) is 2. The molecule has 2 N–H and O–H groups in total. The SMILES string of the molecule is O=C(CCSc1ccc2c(C=Cc3ccccn3)n[nH]c2c1)NCc1cccc(C(F)(F)F)c1. The molecule has 4 aromatic rings. The number of alkyl halides is 3. The Morgan fingerprint density at radius 2 is 1.94 bits per heavy atom. The van der Waals surface area contributed by atoms with Crippen molar-refractivity contribution in [3.8, 4) is 0 Å².